The molecule has 2 amide bonds. The Labute approximate surface area is 118 Å². The first-order valence-corrected chi connectivity index (χ1v) is 6.53. The fraction of sp³-hybridized carbons (Fsp3) is 0.188. The molecule has 0 spiro atoms. The standard InChI is InChI=1S/C16H18N2O2/c1-12-5-2-3-6-13(12)9-10-17-16(20)18-14-7-4-8-15(19)11-14/h2-8,11,19H,9-10H2,1H3,(H2,17,18,20). The van der Waals surface area contributed by atoms with Crippen molar-refractivity contribution in [3.8, 4) is 5.75 Å². The minimum absolute atomic E-state index is 0.128. The number of aryl methyl sites for hydroxylation is 1. The van der Waals surface area contributed by atoms with E-state index in [-0.39, 0.29) is 11.8 Å². The minimum atomic E-state index is -0.274. The van der Waals surface area contributed by atoms with Gasteiger partial charge in [-0.25, -0.2) is 4.79 Å². The molecule has 0 aromatic heterocycles. The summed E-state index contributed by atoms with van der Waals surface area (Å²) in [6.07, 6.45) is 0.792. The van der Waals surface area contributed by atoms with Crippen molar-refractivity contribution in [3.05, 3.63) is 59.7 Å². The quantitative estimate of drug-likeness (QED) is 0.799. The van der Waals surface area contributed by atoms with Crippen LogP contribution < -0.4 is 10.6 Å². The molecule has 2 aromatic carbocycles. The number of amides is 2. The highest BCUT2D eigenvalue weighted by atomic mass is 16.3. The van der Waals surface area contributed by atoms with E-state index in [0.29, 0.717) is 12.2 Å². The van der Waals surface area contributed by atoms with Gasteiger partial charge in [-0.1, -0.05) is 30.3 Å². The third kappa shape index (κ3) is 4.02. The molecule has 4 heteroatoms. The summed E-state index contributed by atoms with van der Waals surface area (Å²) in [7, 11) is 0. The maximum atomic E-state index is 11.7. The second-order valence-corrected chi connectivity index (χ2v) is 4.61. The first-order chi connectivity index (χ1) is 9.65. The average Bonchev–Trinajstić information content (AvgIpc) is 2.41. The number of benzene rings is 2. The van der Waals surface area contributed by atoms with Crippen molar-refractivity contribution in [2.24, 2.45) is 0 Å². The molecule has 4 nitrogen and oxygen atoms in total. The van der Waals surface area contributed by atoms with Crippen molar-refractivity contribution in [1.82, 2.24) is 5.32 Å². The molecule has 0 radical (unpaired) electrons. The van der Waals surface area contributed by atoms with Gasteiger partial charge in [-0.15, -0.1) is 0 Å². The minimum Gasteiger partial charge on any atom is -0.508 e. The highest BCUT2D eigenvalue weighted by Gasteiger charge is 2.02. The van der Waals surface area contributed by atoms with Crippen LogP contribution in [0.4, 0.5) is 10.5 Å². The van der Waals surface area contributed by atoms with Gasteiger partial charge >= 0.3 is 6.03 Å². The summed E-state index contributed by atoms with van der Waals surface area (Å²) in [6, 6.07) is 14.3. The molecule has 0 saturated carbocycles. The molecule has 3 N–H and O–H groups in total. The van der Waals surface area contributed by atoms with Gasteiger partial charge in [-0.2, -0.15) is 0 Å². The predicted octanol–water partition coefficient (Wildman–Crippen LogP) is 3.06. The lowest BCUT2D eigenvalue weighted by Gasteiger charge is -2.09. The number of phenolic OH excluding ortho intramolecular Hbond substituents is 1. The molecule has 0 heterocycles. The van der Waals surface area contributed by atoms with Gasteiger partial charge in [0.05, 0.1) is 0 Å². The average molecular weight is 270 g/mol. The van der Waals surface area contributed by atoms with Crippen LogP contribution in [0.15, 0.2) is 48.5 Å². The number of urea groups is 1. The van der Waals surface area contributed by atoms with Gasteiger partial charge in [0.2, 0.25) is 0 Å². The highest BCUT2D eigenvalue weighted by Crippen LogP contribution is 2.15. The Bertz CT molecular complexity index is 597. The van der Waals surface area contributed by atoms with Crippen LogP contribution in [0.1, 0.15) is 11.1 Å². The monoisotopic (exact) mass is 270 g/mol. The number of rotatable bonds is 4. The number of carbonyl (C=O) groups is 1. The zero-order valence-corrected chi connectivity index (χ0v) is 11.4. The molecular formula is C16H18N2O2. The number of phenols is 1. The van der Waals surface area contributed by atoms with E-state index in [0.717, 1.165) is 6.42 Å². The maximum absolute atomic E-state index is 11.7. The normalized spacial score (nSPS) is 10.1. The van der Waals surface area contributed by atoms with E-state index in [2.05, 4.69) is 29.7 Å². The molecule has 104 valence electrons. The van der Waals surface area contributed by atoms with Crippen molar-refractivity contribution in [1.29, 1.82) is 0 Å². The lowest BCUT2D eigenvalue weighted by Crippen LogP contribution is -2.30. The maximum Gasteiger partial charge on any atom is 0.319 e. The number of hydrogen-bond acceptors (Lipinski definition) is 2. The fourth-order valence-corrected chi connectivity index (χ4v) is 1.96. The molecule has 2 rings (SSSR count). The van der Waals surface area contributed by atoms with Crippen molar-refractivity contribution in [3.63, 3.8) is 0 Å². The first-order valence-electron chi connectivity index (χ1n) is 6.53. The molecule has 0 unspecified atom stereocenters. The van der Waals surface area contributed by atoms with Gasteiger partial charge in [0.15, 0.2) is 0 Å². The van der Waals surface area contributed by atoms with E-state index in [1.165, 1.54) is 17.2 Å². The predicted molar refractivity (Wildman–Crippen MR) is 80.0 cm³/mol. The lowest BCUT2D eigenvalue weighted by molar-refractivity contribution is 0.252. The summed E-state index contributed by atoms with van der Waals surface area (Å²) in [5, 5.41) is 14.8. The Kier molecular flexibility index (Phi) is 4.60. The topological polar surface area (TPSA) is 61.4 Å². The Morgan fingerprint density at radius 1 is 1.15 bits per heavy atom. The van der Waals surface area contributed by atoms with E-state index in [9.17, 15) is 9.90 Å². The third-order valence-electron chi connectivity index (χ3n) is 3.05. The summed E-state index contributed by atoms with van der Waals surface area (Å²) >= 11 is 0. The molecule has 2 aromatic rings. The number of hydrogen-bond donors (Lipinski definition) is 3. The second kappa shape index (κ2) is 6.61. The van der Waals surface area contributed by atoms with Gasteiger partial charge in [0.1, 0.15) is 5.75 Å². The zero-order chi connectivity index (χ0) is 14.4. The van der Waals surface area contributed by atoms with Gasteiger partial charge < -0.3 is 15.7 Å². The molecular weight excluding hydrogens is 252 g/mol. The van der Waals surface area contributed by atoms with E-state index < -0.39 is 0 Å². The van der Waals surface area contributed by atoms with Crippen molar-refractivity contribution >= 4 is 11.7 Å². The Morgan fingerprint density at radius 3 is 2.70 bits per heavy atom. The van der Waals surface area contributed by atoms with Crippen LogP contribution in [0.5, 0.6) is 5.75 Å². The largest absolute Gasteiger partial charge is 0.508 e. The van der Waals surface area contributed by atoms with Crippen LogP contribution in [0.25, 0.3) is 0 Å². The van der Waals surface area contributed by atoms with Crippen LogP contribution in [0.3, 0.4) is 0 Å². The highest BCUT2D eigenvalue weighted by molar-refractivity contribution is 5.89. The molecule has 0 bridgehead atoms. The molecule has 20 heavy (non-hydrogen) atoms. The van der Waals surface area contributed by atoms with Crippen molar-refractivity contribution < 1.29 is 9.90 Å². The zero-order valence-electron chi connectivity index (χ0n) is 11.4. The van der Waals surface area contributed by atoms with Crippen LogP contribution in [-0.4, -0.2) is 17.7 Å². The van der Waals surface area contributed by atoms with Gasteiger partial charge in [-0.3, -0.25) is 0 Å². The Hall–Kier alpha value is -2.49. The van der Waals surface area contributed by atoms with Gasteiger partial charge in [0.25, 0.3) is 0 Å². The Morgan fingerprint density at radius 2 is 1.95 bits per heavy atom. The fourth-order valence-electron chi connectivity index (χ4n) is 1.96. The van der Waals surface area contributed by atoms with Crippen LogP contribution in [0, 0.1) is 6.92 Å². The molecule has 0 aliphatic heterocycles. The van der Waals surface area contributed by atoms with Crippen molar-refractivity contribution in [2.75, 3.05) is 11.9 Å². The molecule has 0 aliphatic carbocycles. The van der Waals surface area contributed by atoms with E-state index in [1.807, 2.05) is 12.1 Å². The summed E-state index contributed by atoms with van der Waals surface area (Å²) in [4.78, 5) is 11.7. The van der Waals surface area contributed by atoms with Crippen molar-refractivity contribution in [2.45, 2.75) is 13.3 Å². The van der Waals surface area contributed by atoms with E-state index in [1.54, 1.807) is 18.2 Å². The molecule has 0 aliphatic rings. The van der Waals surface area contributed by atoms with E-state index in [4.69, 9.17) is 0 Å². The summed E-state index contributed by atoms with van der Waals surface area (Å²) in [6.45, 7) is 2.62. The SMILES string of the molecule is Cc1ccccc1CCNC(=O)Nc1cccc(O)c1. The smallest absolute Gasteiger partial charge is 0.319 e. The van der Waals surface area contributed by atoms with Crippen LogP contribution in [-0.2, 0) is 6.42 Å². The second-order valence-electron chi connectivity index (χ2n) is 4.61. The third-order valence-corrected chi connectivity index (χ3v) is 3.05. The number of carbonyl (C=O) groups excluding carboxylic acids is 1. The summed E-state index contributed by atoms with van der Waals surface area (Å²) < 4.78 is 0. The van der Waals surface area contributed by atoms with Crippen LogP contribution in [0.2, 0.25) is 0 Å². The lowest BCUT2D eigenvalue weighted by atomic mass is 10.1. The number of aromatic hydroxyl groups is 1. The summed E-state index contributed by atoms with van der Waals surface area (Å²) in [5.41, 5.74) is 3.02. The van der Waals surface area contributed by atoms with Crippen LogP contribution >= 0.6 is 0 Å². The van der Waals surface area contributed by atoms with Gasteiger partial charge in [0, 0.05) is 18.3 Å². The Balaban J connectivity index is 1.80. The van der Waals surface area contributed by atoms with E-state index >= 15 is 0 Å². The number of nitrogens with one attached hydrogen (secondary N) is 2. The molecule has 0 saturated heterocycles. The summed E-state index contributed by atoms with van der Waals surface area (Å²) in [5.74, 6) is 0.128. The van der Waals surface area contributed by atoms with Gasteiger partial charge in [-0.05, 0) is 36.6 Å². The molecule has 0 atom stereocenters. The molecule has 0 fully saturated rings. The first kappa shape index (κ1) is 13.9. The number of anilines is 1.